The SMILES string of the molecule is CCC(CCC1CCCO1)CNCCOC. The van der Waals surface area contributed by atoms with Gasteiger partial charge in [-0.25, -0.2) is 0 Å². The van der Waals surface area contributed by atoms with Crippen LogP contribution in [0, 0.1) is 5.92 Å². The third-order valence-electron chi connectivity index (χ3n) is 3.41. The molecule has 3 heteroatoms. The highest BCUT2D eigenvalue weighted by Gasteiger charge is 2.16. The second-order valence-corrected chi connectivity index (χ2v) is 4.68. The Morgan fingerprint density at radius 2 is 2.38 bits per heavy atom. The first-order chi connectivity index (χ1) is 7.86. The van der Waals surface area contributed by atoms with Crippen LogP contribution in [-0.2, 0) is 9.47 Å². The van der Waals surface area contributed by atoms with Gasteiger partial charge < -0.3 is 14.8 Å². The largest absolute Gasteiger partial charge is 0.383 e. The molecule has 1 heterocycles. The van der Waals surface area contributed by atoms with E-state index in [0.29, 0.717) is 6.10 Å². The maximum Gasteiger partial charge on any atom is 0.0587 e. The Morgan fingerprint density at radius 1 is 1.50 bits per heavy atom. The van der Waals surface area contributed by atoms with Crippen LogP contribution in [0.2, 0.25) is 0 Å². The Bertz CT molecular complexity index is 158. The van der Waals surface area contributed by atoms with Crippen LogP contribution >= 0.6 is 0 Å². The Labute approximate surface area is 99.9 Å². The summed E-state index contributed by atoms with van der Waals surface area (Å²) in [5, 5.41) is 3.45. The predicted octanol–water partition coefficient (Wildman–Crippen LogP) is 2.21. The van der Waals surface area contributed by atoms with Crippen LogP contribution in [0.25, 0.3) is 0 Å². The third kappa shape index (κ3) is 5.83. The van der Waals surface area contributed by atoms with Gasteiger partial charge in [-0.2, -0.15) is 0 Å². The van der Waals surface area contributed by atoms with Crippen LogP contribution in [0.5, 0.6) is 0 Å². The maximum atomic E-state index is 5.65. The lowest BCUT2D eigenvalue weighted by Crippen LogP contribution is -2.26. The summed E-state index contributed by atoms with van der Waals surface area (Å²) in [6.45, 7) is 6.15. The molecular formula is C13H27NO2. The van der Waals surface area contributed by atoms with Crippen molar-refractivity contribution in [3.05, 3.63) is 0 Å². The lowest BCUT2D eigenvalue weighted by atomic mass is 9.97. The summed E-state index contributed by atoms with van der Waals surface area (Å²) >= 11 is 0. The first-order valence-electron chi connectivity index (χ1n) is 6.68. The van der Waals surface area contributed by atoms with Crippen LogP contribution in [0.15, 0.2) is 0 Å². The first kappa shape index (κ1) is 13.9. The number of nitrogens with one attached hydrogen (secondary N) is 1. The van der Waals surface area contributed by atoms with Gasteiger partial charge in [0.05, 0.1) is 12.7 Å². The molecule has 0 saturated carbocycles. The van der Waals surface area contributed by atoms with E-state index in [9.17, 15) is 0 Å². The first-order valence-corrected chi connectivity index (χ1v) is 6.68. The molecule has 0 aromatic heterocycles. The summed E-state index contributed by atoms with van der Waals surface area (Å²) < 4.78 is 10.7. The summed E-state index contributed by atoms with van der Waals surface area (Å²) in [5.41, 5.74) is 0. The van der Waals surface area contributed by atoms with E-state index in [2.05, 4.69) is 12.2 Å². The minimum Gasteiger partial charge on any atom is -0.383 e. The molecule has 1 rings (SSSR count). The average Bonchev–Trinajstić information content (AvgIpc) is 2.81. The molecule has 0 bridgehead atoms. The zero-order chi connectivity index (χ0) is 11.6. The maximum absolute atomic E-state index is 5.65. The Balaban J connectivity index is 2.01. The van der Waals surface area contributed by atoms with Crippen molar-refractivity contribution in [2.45, 2.75) is 45.1 Å². The lowest BCUT2D eigenvalue weighted by Gasteiger charge is -2.17. The van der Waals surface area contributed by atoms with E-state index in [1.165, 1.54) is 32.1 Å². The number of hydrogen-bond donors (Lipinski definition) is 1. The van der Waals surface area contributed by atoms with Crippen LogP contribution in [0.1, 0.15) is 39.0 Å². The van der Waals surface area contributed by atoms with Gasteiger partial charge >= 0.3 is 0 Å². The molecule has 0 aromatic rings. The van der Waals surface area contributed by atoms with Crippen molar-refractivity contribution in [1.82, 2.24) is 5.32 Å². The van der Waals surface area contributed by atoms with Gasteiger partial charge in [-0.1, -0.05) is 13.3 Å². The fraction of sp³-hybridized carbons (Fsp3) is 1.00. The molecule has 0 amide bonds. The topological polar surface area (TPSA) is 30.5 Å². The van der Waals surface area contributed by atoms with E-state index in [-0.39, 0.29) is 0 Å². The molecule has 0 spiro atoms. The highest BCUT2D eigenvalue weighted by Crippen LogP contribution is 2.20. The van der Waals surface area contributed by atoms with Gasteiger partial charge in [0.2, 0.25) is 0 Å². The number of hydrogen-bond acceptors (Lipinski definition) is 3. The molecule has 0 aromatic carbocycles. The lowest BCUT2D eigenvalue weighted by molar-refractivity contribution is 0.0976. The van der Waals surface area contributed by atoms with E-state index in [0.717, 1.165) is 32.2 Å². The van der Waals surface area contributed by atoms with Crippen molar-refractivity contribution in [1.29, 1.82) is 0 Å². The molecule has 16 heavy (non-hydrogen) atoms. The van der Waals surface area contributed by atoms with Crippen molar-refractivity contribution in [2.75, 3.05) is 33.4 Å². The van der Waals surface area contributed by atoms with Crippen LogP contribution < -0.4 is 5.32 Å². The molecule has 0 radical (unpaired) electrons. The summed E-state index contributed by atoms with van der Waals surface area (Å²) in [5.74, 6) is 0.793. The normalized spacial score (nSPS) is 22.5. The van der Waals surface area contributed by atoms with E-state index in [4.69, 9.17) is 9.47 Å². The van der Waals surface area contributed by atoms with Gasteiger partial charge in [0.25, 0.3) is 0 Å². The van der Waals surface area contributed by atoms with E-state index in [1.54, 1.807) is 7.11 Å². The standard InChI is InChI=1S/C13H27NO2/c1-3-12(11-14-8-10-15-2)6-7-13-5-4-9-16-13/h12-14H,3-11H2,1-2H3. The number of rotatable bonds is 9. The number of ether oxygens (including phenoxy) is 2. The molecule has 1 saturated heterocycles. The van der Waals surface area contributed by atoms with Crippen LogP contribution in [-0.4, -0.2) is 39.5 Å². The molecule has 1 fully saturated rings. The zero-order valence-electron chi connectivity index (χ0n) is 10.8. The molecule has 2 atom stereocenters. The molecule has 2 unspecified atom stereocenters. The molecule has 1 aliphatic heterocycles. The van der Waals surface area contributed by atoms with Gasteiger partial charge in [-0.15, -0.1) is 0 Å². The Hall–Kier alpha value is -0.120. The fourth-order valence-corrected chi connectivity index (χ4v) is 2.22. The van der Waals surface area contributed by atoms with Crippen molar-refractivity contribution >= 4 is 0 Å². The van der Waals surface area contributed by atoms with Gasteiger partial charge in [0.1, 0.15) is 0 Å². The summed E-state index contributed by atoms with van der Waals surface area (Å²) in [4.78, 5) is 0. The summed E-state index contributed by atoms with van der Waals surface area (Å²) in [6.07, 6.45) is 6.87. The highest BCUT2D eigenvalue weighted by atomic mass is 16.5. The van der Waals surface area contributed by atoms with Crippen LogP contribution in [0.4, 0.5) is 0 Å². The minimum absolute atomic E-state index is 0.549. The molecule has 96 valence electrons. The van der Waals surface area contributed by atoms with Crippen molar-refractivity contribution in [3.8, 4) is 0 Å². The molecular weight excluding hydrogens is 202 g/mol. The van der Waals surface area contributed by atoms with Gasteiger partial charge in [-0.3, -0.25) is 0 Å². The average molecular weight is 229 g/mol. The molecule has 1 N–H and O–H groups in total. The third-order valence-corrected chi connectivity index (χ3v) is 3.41. The second-order valence-electron chi connectivity index (χ2n) is 4.68. The van der Waals surface area contributed by atoms with Crippen molar-refractivity contribution in [2.24, 2.45) is 5.92 Å². The van der Waals surface area contributed by atoms with Crippen molar-refractivity contribution in [3.63, 3.8) is 0 Å². The van der Waals surface area contributed by atoms with Gasteiger partial charge in [-0.05, 0) is 38.1 Å². The second kappa shape index (κ2) is 8.97. The van der Waals surface area contributed by atoms with E-state index < -0.39 is 0 Å². The summed E-state index contributed by atoms with van der Waals surface area (Å²) in [7, 11) is 1.75. The molecule has 3 nitrogen and oxygen atoms in total. The Morgan fingerprint density at radius 3 is 3.00 bits per heavy atom. The van der Waals surface area contributed by atoms with Gasteiger partial charge in [0.15, 0.2) is 0 Å². The number of methoxy groups -OCH3 is 1. The van der Waals surface area contributed by atoms with Gasteiger partial charge in [0, 0.05) is 20.3 Å². The van der Waals surface area contributed by atoms with Crippen LogP contribution in [0.3, 0.4) is 0 Å². The Kier molecular flexibility index (Phi) is 7.81. The van der Waals surface area contributed by atoms with E-state index in [1.807, 2.05) is 0 Å². The monoisotopic (exact) mass is 229 g/mol. The quantitative estimate of drug-likeness (QED) is 0.615. The molecule has 0 aliphatic carbocycles. The zero-order valence-corrected chi connectivity index (χ0v) is 10.8. The highest BCUT2D eigenvalue weighted by molar-refractivity contribution is 4.69. The fourth-order valence-electron chi connectivity index (χ4n) is 2.22. The molecule has 1 aliphatic rings. The summed E-state index contributed by atoms with van der Waals surface area (Å²) in [6, 6.07) is 0. The minimum atomic E-state index is 0.549. The van der Waals surface area contributed by atoms with E-state index >= 15 is 0 Å². The van der Waals surface area contributed by atoms with Crippen molar-refractivity contribution < 1.29 is 9.47 Å². The predicted molar refractivity (Wildman–Crippen MR) is 66.7 cm³/mol. The smallest absolute Gasteiger partial charge is 0.0587 e.